The van der Waals surface area contributed by atoms with E-state index in [1.807, 2.05) is 0 Å². The minimum absolute atomic E-state index is 0.00800. The number of fused-ring (bicyclic) bond motifs is 1. The number of nitrogens with zero attached hydrogens (tertiary/aromatic N) is 3. The highest BCUT2D eigenvalue weighted by Gasteiger charge is 2.42. The first kappa shape index (κ1) is 16.3. The second-order valence-electron chi connectivity index (χ2n) is 5.64. The molecule has 1 atom stereocenters. The van der Waals surface area contributed by atoms with E-state index in [1.165, 1.54) is 0 Å². The maximum absolute atomic E-state index is 12.6. The van der Waals surface area contributed by atoms with Crippen molar-refractivity contribution in [1.29, 1.82) is 0 Å². The minimum atomic E-state index is -3.29. The van der Waals surface area contributed by atoms with Crippen molar-refractivity contribution in [3.05, 3.63) is 47.1 Å². The average molecular weight is 349 g/mol. The van der Waals surface area contributed by atoms with Gasteiger partial charge in [-0.3, -0.25) is 14.5 Å². The number of carbonyl (C=O) groups excluding carboxylic acids is 2. The fourth-order valence-corrected chi connectivity index (χ4v) is 3.28. The molecule has 1 aromatic carbocycles. The Kier molecular flexibility index (Phi) is 3.96. The summed E-state index contributed by atoms with van der Waals surface area (Å²) in [5.41, 5.74) is 0.561. The normalized spacial score (nSPS) is 15.7. The molecule has 126 valence electrons. The van der Waals surface area contributed by atoms with Crippen LogP contribution in [-0.4, -0.2) is 47.3 Å². The number of imide groups is 1. The summed E-state index contributed by atoms with van der Waals surface area (Å²) in [6, 6.07) is 5.52. The first-order valence-corrected chi connectivity index (χ1v) is 9.29. The number of aromatic nitrogens is 2. The second kappa shape index (κ2) is 5.82. The Labute approximate surface area is 138 Å². The molecule has 24 heavy (non-hydrogen) atoms. The molecule has 1 aliphatic rings. The Bertz CT molecular complexity index is 884. The van der Waals surface area contributed by atoms with E-state index in [9.17, 15) is 18.0 Å². The van der Waals surface area contributed by atoms with E-state index in [0.717, 1.165) is 11.2 Å². The largest absolute Gasteiger partial charge is 0.337 e. The molecule has 0 saturated carbocycles. The van der Waals surface area contributed by atoms with Gasteiger partial charge in [-0.1, -0.05) is 17.3 Å². The molecule has 9 heteroatoms. The van der Waals surface area contributed by atoms with Crippen molar-refractivity contribution in [3.8, 4) is 0 Å². The predicted octanol–water partition coefficient (Wildman–Crippen LogP) is 1.15. The fourth-order valence-electron chi connectivity index (χ4n) is 2.63. The maximum Gasteiger partial charge on any atom is 0.262 e. The summed E-state index contributed by atoms with van der Waals surface area (Å²) in [5.74, 6) is -0.821. The molecule has 0 bridgehead atoms. The van der Waals surface area contributed by atoms with Gasteiger partial charge in [0.05, 0.1) is 16.9 Å². The molecule has 8 nitrogen and oxygen atoms in total. The van der Waals surface area contributed by atoms with Gasteiger partial charge in [-0.05, 0) is 25.5 Å². The van der Waals surface area contributed by atoms with Crippen molar-refractivity contribution in [2.45, 2.75) is 19.4 Å². The van der Waals surface area contributed by atoms with Crippen LogP contribution < -0.4 is 0 Å². The van der Waals surface area contributed by atoms with Gasteiger partial charge in [-0.15, -0.1) is 0 Å². The number of hydrogen-bond acceptors (Lipinski definition) is 7. The lowest BCUT2D eigenvalue weighted by Crippen LogP contribution is -2.35. The molecule has 0 fully saturated rings. The molecular weight excluding hydrogens is 334 g/mol. The zero-order valence-electron chi connectivity index (χ0n) is 13.1. The van der Waals surface area contributed by atoms with Crippen LogP contribution in [-0.2, 0) is 9.84 Å². The van der Waals surface area contributed by atoms with E-state index >= 15 is 0 Å². The molecule has 1 aromatic heterocycles. The number of amides is 2. The van der Waals surface area contributed by atoms with E-state index in [0.29, 0.717) is 5.82 Å². The summed E-state index contributed by atoms with van der Waals surface area (Å²) in [7, 11) is -3.29. The number of aryl methyl sites for hydroxylation is 1. The van der Waals surface area contributed by atoms with Crippen molar-refractivity contribution in [2.24, 2.45) is 0 Å². The Balaban J connectivity index is 2.00. The first-order chi connectivity index (χ1) is 11.3. The summed E-state index contributed by atoms with van der Waals surface area (Å²) >= 11 is 0. The van der Waals surface area contributed by atoms with Crippen molar-refractivity contribution < 1.29 is 22.5 Å². The van der Waals surface area contributed by atoms with Crippen LogP contribution in [0.25, 0.3) is 0 Å². The van der Waals surface area contributed by atoms with Gasteiger partial charge in [0, 0.05) is 6.26 Å². The molecule has 1 aliphatic heterocycles. The van der Waals surface area contributed by atoms with Crippen LogP contribution in [0.2, 0.25) is 0 Å². The summed E-state index contributed by atoms with van der Waals surface area (Å²) in [4.78, 5) is 30.3. The molecule has 1 unspecified atom stereocenters. The van der Waals surface area contributed by atoms with Crippen molar-refractivity contribution >= 4 is 21.7 Å². The zero-order chi connectivity index (χ0) is 17.5. The molecule has 2 aromatic rings. The quantitative estimate of drug-likeness (QED) is 0.745. The summed E-state index contributed by atoms with van der Waals surface area (Å²) < 4.78 is 28.1. The van der Waals surface area contributed by atoms with Crippen LogP contribution in [0.15, 0.2) is 28.8 Å². The van der Waals surface area contributed by atoms with Gasteiger partial charge in [0.2, 0.25) is 5.89 Å². The van der Waals surface area contributed by atoms with Crippen LogP contribution in [0.3, 0.4) is 0 Å². The lowest BCUT2D eigenvalue weighted by atomic mass is 10.1. The third kappa shape index (κ3) is 2.94. The third-order valence-corrected chi connectivity index (χ3v) is 4.70. The van der Waals surface area contributed by atoms with Crippen LogP contribution in [0.1, 0.15) is 44.9 Å². The standard InChI is InChI=1S/C15H15N3O5S/c1-9-16-13(23-17-9)12(7-8-24(2,21)22)18-14(19)10-5-3-4-6-11(10)15(18)20/h3-6,12H,7-8H2,1-2H3. The van der Waals surface area contributed by atoms with E-state index in [4.69, 9.17) is 4.52 Å². The minimum Gasteiger partial charge on any atom is -0.337 e. The van der Waals surface area contributed by atoms with E-state index in [2.05, 4.69) is 10.1 Å². The Morgan fingerprint density at radius 1 is 1.17 bits per heavy atom. The topological polar surface area (TPSA) is 110 Å². The van der Waals surface area contributed by atoms with Crippen LogP contribution >= 0.6 is 0 Å². The smallest absolute Gasteiger partial charge is 0.262 e. The maximum atomic E-state index is 12.6. The highest BCUT2D eigenvalue weighted by atomic mass is 32.2. The molecule has 0 aliphatic carbocycles. The SMILES string of the molecule is Cc1noc(C(CCS(C)(=O)=O)N2C(=O)c3ccccc3C2=O)n1. The summed E-state index contributed by atoms with van der Waals surface area (Å²) in [6.45, 7) is 1.60. The lowest BCUT2D eigenvalue weighted by Gasteiger charge is -2.22. The van der Waals surface area contributed by atoms with E-state index in [-0.39, 0.29) is 29.2 Å². The molecule has 0 radical (unpaired) electrons. The Morgan fingerprint density at radius 2 is 1.75 bits per heavy atom. The molecule has 0 saturated heterocycles. The van der Waals surface area contributed by atoms with Crippen LogP contribution in [0.5, 0.6) is 0 Å². The van der Waals surface area contributed by atoms with Crippen molar-refractivity contribution in [1.82, 2.24) is 15.0 Å². The fraction of sp³-hybridized carbons (Fsp3) is 0.333. The van der Waals surface area contributed by atoms with Gasteiger partial charge >= 0.3 is 0 Å². The van der Waals surface area contributed by atoms with E-state index in [1.54, 1.807) is 31.2 Å². The Morgan fingerprint density at radius 3 is 2.21 bits per heavy atom. The monoisotopic (exact) mass is 349 g/mol. The molecule has 2 amide bonds. The number of carbonyl (C=O) groups is 2. The van der Waals surface area contributed by atoms with Crippen molar-refractivity contribution in [3.63, 3.8) is 0 Å². The number of benzene rings is 1. The average Bonchev–Trinajstić information content (AvgIpc) is 3.04. The third-order valence-electron chi connectivity index (χ3n) is 3.73. The predicted molar refractivity (Wildman–Crippen MR) is 83.0 cm³/mol. The van der Waals surface area contributed by atoms with E-state index < -0.39 is 27.7 Å². The number of rotatable bonds is 5. The Hall–Kier alpha value is -2.55. The molecule has 3 rings (SSSR count). The molecule has 2 heterocycles. The van der Waals surface area contributed by atoms with Gasteiger partial charge in [0.1, 0.15) is 15.9 Å². The zero-order valence-corrected chi connectivity index (χ0v) is 13.9. The highest BCUT2D eigenvalue weighted by Crippen LogP contribution is 2.33. The molecular formula is C15H15N3O5S. The second-order valence-corrected chi connectivity index (χ2v) is 7.90. The van der Waals surface area contributed by atoms with Gasteiger partial charge in [-0.2, -0.15) is 4.98 Å². The number of sulfone groups is 1. The van der Waals surface area contributed by atoms with Gasteiger partial charge in [0.15, 0.2) is 5.82 Å². The summed E-state index contributed by atoms with van der Waals surface area (Å²) in [6.07, 6.45) is 1.08. The van der Waals surface area contributed by atoms with Gasteiger partial charge in [0.25, 0.3) is 11.8 Å². The first-order valence-electron chi connectivity index (χ1n) is 7.23. The van der Waals surface area contributed by atoms with Gasteiger partial charge in [-0.25, -0.2) is 8.42 Å². The lowest BCUT2D eigenvalue weighted by molar-refractivity contribution is 0.0547. The van der Waals surface area contributed by atoms with Crippen molar-refractivity contribution in [2.75, 3.05) is 12.0 Å². The molecule has 0 N–H and O–H groups in total. The summed E-state index contributed by atoms with van der Waals surface area (Å²) in [5, 5.41) is 3.67. The van der Waals surface area contributed by atoms with Crippen LogP contribution in [0, 0.1) is 6.92 Å². The molecule has 0 spiro atoms. The highest BCUT2D eigenvalue weighted by molar-refractivity contribution is 7.90. The van der Waals surface area contributed by atoms with Crippen LogP contribution in [0.4, 0.5) is 0 Å². The number of hydrogen-bond donors (Lipinski definition) is 0. The van der Waals surface area contributed by atoms with Gasteiger partial charge < -0.3 is 4.52 Å².